The molecule has 0 spiro atoms. The minimum absolute atomic E-state index is 0.209. The Morgan fingerprint density at radius 1 is 1.40 bits per heavy atom. The van der Waals surface area contributed by atoms with Crippen molar-refractivity contribution < 1.29 is 9.59 Å². The van der Waals surface area contributed by atoms with Gasteiger partial charge in [0.25, 0.3) is 0 Å². The molecule has 1 rings (SSSR count). The van der Waals surface area contributed by atoms with Crippen molar-refractivity contribution in [2.45, 2.75) is 25.9 Å². The molecule has 1 unspecified atom stereocenters. The van der Waals surface area contributed by atoms with E-state index in [0.717, 1.165) is 16.9 Å². The minimum atomic E-state index is -0.679. The van der Waals surface area contributed by atoms with Gasteiger partial charge >= 0.3 is 6.03 Å². The van der Waals surface area contributed by atoms with Gasteiger partial charge in [0.15, 0.2) is 0 Å². The first-order chi connectivity index (χ1) is 9.52. The fourth-order valence-corrected chi connectivity index (χ4v) is 2.28. The monoisotopic (exact) mass is 295 g/mol. The van der Waals surface area contributed by atoms with Crippen LogP contribution < -0.4 is 16.4 Å². The van der Waals surface area contributed by atoms with Crippen molar-refractivity contribution in [2.24, 2.45) is 5.73 Å². The molecule has 0 saturated heterocycles. The van der Waals surface area contributed by atoms with E-state index in [4.69, 9.17) is 5.73 Å². The third-order valence-electron chi connectivity index (χ3n) is 2.79. The van der Waals surface area contributed by atoms with Crippen molar-refractivity contribution in [2.75, 3.05) is 12.0 Å². The molecule has 20 heavy (non-hydrogen) atoms. The van der Waals surface area contributed by atoms with Crippen LogP contribution >= 0.6 is 11.8 Å². The summed E-state index contributed by atoms with van der Waals surface area (Å²) in [6, 6.07) is 6.65. The number of aryl methyl sites for hydroxylation is 1. The standard InChI is InChI=1S/C14H21N3O2S/c1-10-4-3-5-11(8-10)9-16-13(18)12(6-7-20-2)17-14(15)19/h3-5,8,12H,6-7,9H2,1-2H3,(H,16,18)(H3,15,17,19). The van der Waals surface area contributed by atoms with Crippen LogP contribution in [0, 0.1) is 6.92 Å². The van der Waals surface area contributed by atoms with Gasteiger partial charge in [0.05, 0.1) is 0 Å². The van der Waals surface area contributed by atoms with Crippen molar-refractivity contribution in [1.29, 1.82) is 0 Å². The highest BCUT2D eigenvalue weighted by molar-refractivity contribution is 7.98. The molecule has 0 aliphatic rings. The molecule has 0 heterocycles. The number of rotatable bonds is 7. The highest BCUT2D eigenvalue weighted by atomic mass is 32.2. The van der Waals surface area contributed by atoms with Gasteiger partial charge < -0.3 is 16.4 Å². The largest absolute Gasteiger partial charge is 0.352 e. The molecular formula is C14H21N3O2S. The fraction of sp³-hybridized carbons (Fsp3) is 0.429. The topological polar surface area (TPSA) is 84.2 Å². The van der Waals surface area contributed by atoms with Crippen molar-refractivity contribution in [3.63, 3.8) is 0 Å². The second-order valence-electron chi connectivity index (χ2n) is 4.55. The predicted octanol–water partition coefficient (Wildman–Crippen LogP) is 1.40. The fourth-order valence-electron chi connectivity index (χ4n) is 1.81. The van der Waals surface area contributed by atoms with Crippen LogP contribution in [0.3, 0.4) is 0 Å². The second-order valence-corrected chi connectivity index (χ2v) is 5.54. The number of carbonyl (C=O) groups excluding carboxylic acids is 2. The molecule has 5 nitrogen and oxygen atoms in total. The minimum Gasteiger partial charge on any atom is -0.352 e. The first-order valence-electron chi connectivity index (χ1n) is 6.41. The number of amides is 3. The number of primary amides is 1. The van der Waals surface area contributed by atoms with Crippen molar-refractivity contribution in [3.8, 4) is 0 Å². The van der Waals surface area contributed by atoms with E-state index in [1.165, 1.54) is 0 Å². The Morgan fingerprint density at radius 2 is 2.15 bits per heavy atom. The van der Waals surface area contributed by atoms with Gasteiger partial charge in [-0.05, 0) is 30.9 Å². The van der Waals surface area contributed by atoms with E-state index in [1.54, 1.807) is 11.8 Å². The lowest BCUT2D eigenvalue weighted by molar-refractivity contribution is -0.123. The number of urea groups is 1. The Bertz CT molecular complexity index is 465. The highest BCUT2D eigenvalue weighted by Gasteiger charge is 2.18. The van der Waals surface area contributed by atoms with Gasteiger partial charge in [-0.2, -0.15) is 11.8 Å². The zero-order valence-corrected chi connectivity index (χ0v) is 12.6. The Morgan fingerprint density at radius 3 is 2.75 bits per heavy atom. The van der Waals surface area contributed by atoms with Crippen LogP contribution in [0.5, 0.6) is 0 Å². The zero-order chi connectivity index (χ0) is 15.0. The van der Waals surface area contributed by atoms with E-state index in [-0.39, 0.29) is 5.91 Å². The van der Waals surface area contributed by atoms with Gasteiger partial charge in [0.2, 0.25) is 5.91 Å². The van der Waals surface area contributed by atoms with Crippen molar-refractivity contribution in [3.05, 3.63) is 35.4 Å². The molecule has 0 aliphatic heterocycles. The van der Waals surface area contributed by atoms with Crippen molar-refractivity contribution >= 4 is 23.7 Å². The van der Waals surface area contributed by atoms with E-state index in [2.05, 4.69) is 10.6 Å². The van der Waals surface area contributed by atoms with Gasteiger partial charge in [-0.3, -0.25) is 4.79 Å². The SMILES string of the molecule is CSCCC(NC(N)=O)C(=O)NCc1cccc(C)c1. The second kappa shape index (κ2) is 8.47. The van der Waals surface area contributed by atoms with Crippen LogP contribution in [-0.4, -0.2) is 30.0 Å². The van der Waals surface area contributed by atoms with Gasteiger partial charge in [-0.15, -0.1) is 0 Å². The Balaban J connectivity index is 2.54. The van der Waals surface area contributed by atoms with Gasteiger partial charge in [-0.25, -0.2) is 4.79 Å². The number of nitrogens with two attached hydrogens (primary N) is 1. The highest BCUT2D eigenvalue weighted by Crippen LogP contribution is 2.05. The summed E-state index contributed by atoms with van der Waals surface area (Å²) in [5, 5.41) is 5.30. The maximum Gasteiger partial charge on any atom is 0.312 e. The summed E-state index contributed by atoms with van der Waals surface area (Å²) in [6.45, 7) is 2.44. The Hall–Kier alpha value is -1.69. The molecule has 6 heteroatoms. The first-order valence-corrected chi connectivity index (χ1v) is 7.80. The lowest BCUT2D eigenvalue weighted by Crippen LogP contribution is -2.48. The van der Waals surface area contributed by atoms with Crippen LogP contribution in [-0.2, 0) is 11.3 Å². The number of hydrogen-bond acceptors (Lipinski definition) is 3. The predicted molar refractivity (Wildman–Crippen MR) is 82.5 cm³/mol. The smallest absolute Gasteiger partial charge is 0.312 e. The molecule has 1 aromatic rings. The maximum atomic E-state index is 12.1. The van der Waals surface area contributed by atoms with Crippen LogP contribution in [0.2, 0.25) is 0 Å². The number of carbonyl (C=O) groups is 2. The normalized spacial score (nSPS) is 11.7. The molecule has 1 atom stereocenters. The molecule has 0 fully saturated rings. The average Bonchev–Trinajstić information content (AvgIpc) is 2.40. The maximum absolute atomic E-state index is 12.1. The summed E-state index contributed by atoms with van der Waals surface area (Å²) in [4.78, 5) is 23.0. The number of nitrogens with one attached hydrogen (secondary N) is 2. The molecule has 3 amide bonds. The van der Waals surface area contributed by atoms with Gasteiger partial charge in [-0.1, -0.05) is 29.8 Å². The first kappa shape index (κ1) is 16.4. The number of thioether (sulfide) groups is 1. The van der Waals surface area contributed by atoms with Gasteiger partial charge in [0, 0.05) is 6.54 Å². The van der Waals surface area contributed by atoms with Crippen molar-refractivity contribution in [1.82, 2.24) is 10.6 Å². The molecule has 0 aromatic heterocycles. The third kappa shape index (κ3) is 5.97. The lowest BCUT2D eigenvalue weighted by atomic mass is 10.1. The zero-order valence-electron chi connectivity index (χ0n) is 11.8. The summed E-state index contributed by atoms with van der Waals surface area (Å²) in [5.41, 5.74) is 7.27. The van der Waals surface area contributed by atoms with E-state index >= 15 is 0 Å². The van der Waals surface area contributed by atoms with Crippen LogP contribution in [0.1, 0.15) is 17.5 Å². The Labute approximate surface area is 123 Å². The molecule has 4 N–H and O–H groups in total. The molecule has 110 valence electrons. The van der Waals surface area contributed by atoms with Crippen LogP contribution in [0.25, 0.3) is 0 Å². The molecule has 0 radical (unpaired) electrons. The van der Waals surface area contributed by atoms with E-state index in [1.807, 2.05) is 37.4 Å². The van der Waals surface area contributed by atoms with Crippen LogP contribution in [0.15, 0.2) is 24.3 Å². The number of benzene rings is 1. The molecule has 1 aromatic carbocycles. The van der Waals surface area contributed by atoms with E-state index in [0.29, 0.717) is 13.0 Å². The van der Waals surface area contributed by atoms with E-state index < -0.39 is 12.1 Å². The summed E-state index contributed by atoms with van der Waals surface area (Å²) in [6.07, 6.45) is 2.51. The van der Waals surface area contributed by atoms with Gasteiger partial charge in [0.1, 0.15) is 6.04 Å². The molecule has 0 saturated carbocycles. The summed E-state index contributed by atoms with van der Waals surface area (Å²) >= 11 is 1.62. The number of hydrogen-bond donors (Lipinski definition) is 3. The Kier molecular flexibility index (Phi) is 6.93. The summed E-state index contributed by atoms with van der Waals surface area (Å²) in [7, 11) is 0. The average molecular weight is 295 g/mol. The molecule has 0 aliphatic carbocycles. The summed E-state index contributed by atoms with van der Waals surface area (Å²) < 4.78 is 0. The molecule has 0 bridgehead atoms. The van der Waals surface area contributed by atoms with Crippen LogP contribution in [0.4, 0.5) is 4.79 Å². The van der Waals surface area contributed by atoms with E-state index in [9.17, 15) is 9.59 Å². The lowest BCUT2D eigenvalue weighted by Gasteiger charge is -2.17. The summed E-state index contributed by atoms with van der Waals surface area (Å²) in [5.74, 6) is 0.572. The third-order valence-corrected chi connectivity index (χ3v) is 3.44. The quantitative estimate of drug-likeness (QED) is 0.711. The molecular weight excluding hydrogens is 274 g/mol.